The van der Waals surface area contributed by atoms with E-state index in [1.807, 2.05) is 0 Å². The van der Waals surface area contributed by atoms with E-state index < -0.39 is 33.7 Å². The van der Waals surface area contributed by atoms with E-state index in [-0.39, 0.29) is 36.2 Å². The molecule has 1 aliphatic rings. The maximum atomic E-state index is 13.2. The molecule has 1 aromatic carbocycles. The van der Waals surface area contributed by atoms with Crippen molar-refractivity contribution in [2.24, 2.45) is 11.1 Å². The second kappa shape index (κ2) is 10.2. The Morgan fingerprint density at radius 1 is 1.33 bits per heavy atom. The van der Waals surface area contributed by atoms with Gasteiger partial charge in [-0.1, -0.05) is 23.7 Å². The topological polar surface area (TPSA) is 178 Å². The summed E-state index contributed by atoms with van der Waals surface area (Å²) in [5.74, 6) is -0.794. The fraction of sp³-hybridized carbons (Fsp3) is 0.348. The molecule has 1 saturated carbocycles. The van der Waals surface area contributed by atoms with Crippen molar-refractivity contribution in [3.8, 4) is 0 Å². The number of anilines is 1. The molecular weight excluding hydrogens is 512 g/mol. The van der Waals surface area contributed by atoms with Gasteiger partial charge in [-0.2, -0.15) is 8.42 Å². The van der Waals surface area contributed by atoms with Crippen molar-refractivity contribution in [3.05, 3.63) is 76.6 Å². The number of carbonyl (C=O) groups is 1. The van der Waals surface area contributed by atoms with Crippen LogP contribution in [-0.2, 0) is 20.1 Å². The minimum Gasteiger partial charge on any atom is -0.460 e. The van der Waals surface area contributed by atoms with E-state index in [0.717, 1.165) is 0 Å². The molecule has 0 saturated heterocycles. The van der Waals surface area contributed by atoms with E-state index in [9.17, 15) is 23.4 Å². The molecule has 0 amide bonds. The molecule has 13 heteroatoms. The lowest BCUT2D eigenvalue weighted by molar-refractivity contribution is 0.100. The van der Waals surface area contributed by atoms with Crippen LogP contribution in [0.1, 0.15) is 47.0 Å². The average Bonchev–Trinajstić information content (AvgIpc) is 3.44. The summed E-state index contributed by atoms with van der Waals surface area (Å²) < 4.78 is 32.2. The monoisotopic (exact) mass is 536 g/mol. The van der Waals surface area contributed by atoms with Crippen LogP contribution in [0.3, 0.4) is 0 Å². The van der Waals surface area contributed by atoms with Crippen molar-refractivity contribution < 1.29 is 32.0 Å². The Morgan fingerprint density at radius 3 is 2.83 bits per heavy atom. The van der Waals surface area contributed by atoms with Crippen LogP contribution in [0.5, 0.6) is 0 Å². The van der Waals surface area contributed by atoms with Gasteiger partial charge in [-0.15, -0.1) is 0 Å². The first-order valence-electron chi connectivity index (χ1n) is 11.0. The van der Waals surface area contributed by atoms with Gasteiger partial charge in [0.25, 0.3) is 0 Å². The van der Waals surface area contributed by atoms with Crippen molar-refractivity contribution in [2.75, 3.05) is 11.9 Å². The fourth-order valence-electron chi connectivity index (χ4n) is 4.19. The molecule has 4 rings (SSSR count). The van der Waals surface area contributed by atoms with Crippen LogP contribution in [0.15, 0.2) is 53.5 Å². The summed E-state index contributed by atoms with van der Waals surface area (Å²) in [6.45, 7) is 1.31. The van der Waals surface area contributed by atoms with E-state index >= 15 is 0 Å². The predicted molar refractivity (Wildman–Crippen MR) is 129 cm³/mol. The van der Waals surface area contributed by atoms with Crippen LogP contribution in [-0.4, -0.2) is 53.1 Å². The molecule has 5 N–H and O–H groups in total. The number of halogens is 1. The number of ketones is 1. The third kappa shape index (κ3) is 5.91. The molecule has 36 heavy (non-hydrogen) atoms. The zero-order valence-corrected chi connectivity index (χ0v) is 20.7. The van der Waals surface area contributed by atoms with Gasteiger partial charge in [-0.25, -0.2) is 15.1 Å². The maximum Gasteiger partial charge on any atom is 0.333 e. The number of aliphatic hydroxyl groups is 2. The summed E-state index contributed by atoms with van der Waals surface area (Å²) in [4.78, 5) is 21.3. The third-order valence-electron chi connectivity index (χ3n) is 6.17. The molecule has 3 aromatic rings. The summed E-state index contributed by atoms with van der Waals surface area (Å²) in [6.07, 6.45) is 3.72. The molecule has 0 unspecified atom stereocenters. The van der Waals surface area contributed by atoms with Crippen LogP contribution in [0, 0.1) is 5.92 Å². The molecule has 4 atom stereocenters. The van der Waals surface area contributed by atoms with Crippen LogP contribution in [0.25, 0.3) is 0 Å². The first kappa shape index (κ1) is 26.2. The first-order chi connectivity index (χ1) is 16.9. The van der Waals surface area contributed by atoms with Crippen LogP contribution < -0.4 is 10.5 Å². The molecule has 2 heterocycles. The van der Waals surface area contributed by atoms with Crippen molar-refractivity contribution in [3.63, 3.8) is 0 Å². The molecule has 1 aliphatic carbocycles. The summed E-state index contributed by atoms with van der Waals surface area (Å²) in [5, 5.41) is 29.8. The van der Waals surface area contributed by atoms with Gasteiger partial charge in [0.2, 0.25) is 5.78 Å². The van der Waals surface area contributed by atoms with E-state index in [0.29, 0.717) is 22.6 Å². The molecule has 0 bridgehead atoms. The Hall–Kier alpha value is -2.87. The van der Waals surface area contributed by atoms with Crippen molar-refractivity contribution in [1.29, 1.82) is 0 Å². The van der Waals surface area contributed by atoms with Gasteiger partial charge < -0.3 is 19.9 Å². The minimum absolute atomic E-state index is 0.0314. The third-order valence-corrected chi connectivity index (χ3v) is 6.87. The number of carbonyl (C=O) groups excluding carboxylic acids is 1. The van der Waals surface area contributed by atoms with Gasteiger partial charge in [0.15, 0.2) is 5.76 Å². The zero-order valence-electron chi connectivity index (χ0n) is 19.2. The van der Waals surface area contributed by atoms with E-state index in [1.54, 1.807) is 31.2 Å². The summed E-state index contributed by atoms with van der Waals surface area (Å²) in [7, 11) is -4.12. The molecule has 0 radical (unpaired) electrons. The Morgan fingerprint density at radius 2 is 2.11 bits per heavy atom. The number of aromatic nitrogens is 2. The van der Waals surface area contributed by atoms with E-state index in [1.165, 1.54) is 24.9 Å². The van der Waals surface area contributed by atoms with Crippen molar-refractivity contribution in [1.82, 2.24) is 9.97 Å². The van der Waals surface area contributed by atoms with Gasteiger partial charge in [0, 0.05) is 28.7 Å². The zero-order chi connectivity index (χ0) is 26.1. The molecule has 192 valence electrons. The number of hydrogen-bond donors (Lipinski definition) is 4. The number of benzene rings is 1. The maximum absolute atomic E-state index is 13.2. The van der Waals surface area contributed by atoms with Gasteiger partial charge in [0.05, 0.1) is 24.5 Å². The largest absolute Gasteiger partial charge is 0.460 e. The average molecular weight is 537 g/mol. The number of hydrogen-bond acceptors (Lipinski definition) is 10. The second-order valence-corrected chi connectivity index (χ2v) is 10.5. The lowest BCUT2D eigenvalue weighted by atomic mass is 9.90. The van der Waals surface area contributed by atoms with Gasteiger partial charge in [-0.05, 0) is 43.5 Å². The van der Waals surface area contributed by atoms with Crippen molar-refractivity contribution >= 4 is 33.5 Å². The molecule has 1 fully saturated rings. The van der Waals surface area contributed by atoms with Gasteiger partial charge >= 0.3 is 10.3 Å². The normalized spacial score (nSPS) is 21.8. The summed E-state index contributed by atoms with van der Waals surface area (Å²) in [6, 6.07) is 7.87. The number of rotatable bonds is 9. The molecule has 0 aliphatic heterocycles. The van der Waals surface area contributed by atoms with Gasteiger partial charge in [0.1, 0.15) is 17.7 Å². The SMILES string of the molecule is C[C@@](O)(c1cccc(Cl)c1)c1coc(C(=O)c2cncnc2N[C@@H]2C[C@H](COS(N)(=O)=O)[C@@H](O)C2)c1. The summed E-state index contributed by atoms with van der Waals surface area (Å²) in [5.41, 5.74) is -0.452. The fourth-order valence-corrected chi connectivity index (χ4v) is 4.74. The number of nitrogens with one attached hydrogen (secondary N) is 1. The Labute approximate surface area is 212 Å². The van der Waals surface area contributed by atoms with Crippen LogP contribution in [0.2, 0.25) is 5.02 Å². The minimum atomic E-state index is -4.12. The molecule has 0 spiro atoms. The molecule has 11 nitrogen and oxygen atoms in total. The predicted octanol–water partition coefficient (Wildman–Crippen LogP) is 1.98. The highest BCUT2D eigenvalue weighted by Gasteiger charge is 2.35. The van der Waals surface area contributed by atoms with Crippen LogP contribution in [0.4, 0.5) is 5.82 Å². The smallest absolute Gasteiger partial charge is 0.333 e. The Kier molecular flexibility index (Phi) is 7.46. The second-order valence-electron chi connectivity index (χ2n) is 8.81. The highest BCUT2D eigenvalue weighted by molar-refractivity contribution is 7.84. The Balaban J connectivity index is 1.50. The van der Waals surface area contributed by atoms with E-state index in [2.05, 4.69) is 19.5 Å². The molecule has 2 aromatic heterocycles. The van der Waals surface area contributed by atoms with E-state index in [4.69, 9.17) is 21.2 Å². The standard InChI is InChI=1S/C23H25ClN4O7S/c1-23(31,14-3-2-4-16(24)6-14)15-7-20(34-11-15)21(30)18-9-26-12-27-22(18)28-17-5-13(19(29)8-17)10-35-36(25,32)33/h2-4,6-7,9,11-13,17,19,29,31H,5,8,10H2,1H3,(H2,25,32,33)(H,26,27,28)/t13-,17-,19+,23-/m1/s1. The number of nitrogens with zero attached hydrogens (tertiary/aromatic N) is 2. The number of furan rings is 1. The highest BCUT2D eigenvalue weighted by atomic mass is 35.5. The van der Waals surface area contributed by atoms with Crippen molar-refractivity contribution in [2.45, 2.75) is 37.5 Å². The number of nitrogens with two attached hydrogens (primary N) is 1. The first-order valence-corrected chi connectivity index (χ1v) is 12.8. The quantitative estimate of drug-likeness (QED) is 0.295. The number of aliphatic hydroxyl groups excluding tert-OH is 1. The Bertz CT molecular complexity index is 1360. The molecular formula is C23H25ClN4O7S. The lowest BCUT2D eigenvalue weighted by Crippen LogP contribution is -2.24. The highest BCUT2D eigenvalue weighted by Crippen LogP contribution is 2.33. The lowest BCUT2D eigenvalue weighted by Gasteiger charge is -2.22. The van der Waals surface area contributed by atoms with Gasteiger partial charge in [-0.3, -0.25) is 8.98 Å². The van der Waals surface area contributed by atoms with Crippen LogP contribution >= 0.6 is 11.6 Å². The summed E-state index contributed by atoms with van der Waals surface area (Å²) >= 11 is 6.05.